The molecule has 0 saturated carbocycles. The zero-order chi connectivity index (χ0) is 9.26. The maximum atomic E-state index is 10.8. The molecule has 0 saturated heterocycles. The van der Waals surface area contributed by atoms with E-state index in [1.54, 1.807) is 18.3 Å². The highest BCUT2D eigenvalue weighted by Crippen LogP contribution is 2.17. The fraction of sp³-hybridized carbons (Fsp3) is 0. The lowest BCUT2D eigenvalue weighted by Crippen LogP contribution is -1.90. The molecule has 2 heterocycles. The minimum atomic E-state index is -0.195. The number of rotatable bonds is 1. The normalized spacial score (nSPS) is 10.2. The number of nitrogens with zero attached hydrogens (tertiary/aromatic N) is 2. The third kappa shape index (κ3) is 1.57. The molecule has 3 N–H and O–H groups in total. The Kier molecular flexibility index (Phi) is 1.82. The molecule has 6 heteroatoms. The quantitative estimate of drug-likeness (QED) is 0.691. The van der Waals surface area contributed by atoms with Gasteiger partial charge in [-0.3, -0.25) is 9.78 Å². The van der Waals surface area contributed by atoms with E-state index >= 15 is 0 Å². The number of pyridine rings is 1. The van der Waals surface area contributed by atoms with Crippen LogP contribution in [0.1, 0.15) is 0 Å². The van der Waals surface area contributed by atoms with Crippen LogP contribution in [0.15, 0.2) is 23.1 Å². The van der Waals surface area contributed by atoms with Gasteiger partial charge in [0.2, 0.25) is 0 Å². The lowest BCUT2D eigenvalue weighted by atomic mass is 10.3. The summed E-state index contributed by atoms with van der Waals surface area (Å²) in [5.41, 5.74) is 6.77. The van der Waals surface area contributed by atoms with Gasteiger partial charge >= 0.3 is 4.87 Å². The van der Waals surface area contributed by atoms with Crippen molar-refractivity contribution >= 4 is 17.0 Å². The molecule has 0 bridgehead atoms. The van der Waals surface area contributed by atoms with Crippen LogP contribution in [0, 0.1) is 0 Å². The summed E-state index contributed by atoms with van der Waals surface area (Å²) in [5.74, 6) is 0. The second kappa shape index (κ2) is 2.98. The van der Waals surface area contributed by atoms with Crippen LogP contribution in [-0.4, -0.2) is 15.2 Å². The molecule has 0 aliphatic heterocycles. The highest BCUT2D eigenvalue weighted by Gasteiger charge is 2.03. The number of nitrogens with one attached hydrogen (secondary N) is 1. The molecule has 0 radical (unpaired) electrons. The Morgan fingerprint density at radius 2 is 2.38 bits per heavy atom. The van der Waals surface area contributed by atoms with Gasteiger partial charge < -0.3 is 5.73 Å². The lowest BCUT2D eigenvalue weighted by molar-refractivity contribution is 1.06. The van der Waals surface area contributed by atoms with Gasteiger partial charge in [0.15, 0.2) is 5.01 Å². The molecule has 0 aromatic carbocycles. The Morgan fingerprint density at radius 1 is 1.54 bits per heavy atom. The van der Waals surface area contributed by atoms with Crippen molar-refractivity contribution in [3.63, 3.8) is 0 Å². The molecule has 2 rings (SSSR count). The minimum Gasteiger partial charge on any atom is -0.399 e. The maximum absolute atomic E-state index is 10.8. The summed E-state index contributed by atoms with van der Waals surface area (Å²) in [7, 11) is 0. The van der Waals surface area contributed by atoms with Crippen molar-refractivity contribution in [2.75, 3.05) is 5.73 Å². The fourth-order valence-electron chi connectivity index (χ4n) is 0.903. The van der Waals surface area contributed by atoms with Crippen LogP contribution in [0.3, 0.4) is 0 Å². The number of aromatic amines is 1. The second-order valence-corrected chi connectivity index (χ2v) is 3.35. The van der Waals surface area contributed by atoms with Crippen molar-refractivity contribution < 1.29 is 0 Å². The largest absolute Gasteiger partial charge is 0.399 e. The molecule has 0 amide bonds. The number of hydrogen-bond acceptors (Lipinski definition) is 5. The van der Waals surface area contributed by atoms with Gasteiger partial charge in [0, 0.05) is 11.9 Å². The highest BCUT2D eigenvalue weighted by atomic mass is 32.1. The molecular formula is C7H6N4OS. The molecule has 0 aliphatic rings. The summed E-state index contributed by atoms with van der Waals surface area (Å²) in [4.78, 5) is 14.6. The first kappa shape index (κ1) is 7.93. The molecule has 0 aliphatic carbocycles. The number of anilines is 1. The van der Waals surface area contributed by atoms with E-state index in [4.69, 9.17) is 5.73 Å². The number of hydrogen-bond donors (Lipinski definition) is 2. The summed E-state index contributed by atoms with van der Waals surface area (Å²) in [6.07, 6.45) is 1.58. The Hall–Kier alpha value is -1.69. The average Bonchev–Trinajstić information content (AvgIpc) is 2.52. The van der Waals surface area contributed by atoms with Crippen molar-refractivity contribution in [1.29, 1.82) is 0 Å². The van der Waals surface area contributed by atoms with Crippen LogP contribution in [0.2, 0.25) is 0 Å². The first-order valence-electron chi connectivity index (χ1n) is 3.53. The van der Waals surface area contributed by atoms with Crippen LogP contribution in [0.4, 0.5) is 5.69 Å². The summed E-state index contributed by atoms with van der Waals surface area (Å²) < 4.78 is 0. The van der Waals surface area contributed by atoms with Crippen molar-refractivity contribution in [2.24, 2.45) is 0 Å². The summed E-state index contributed by atoms with van der Waals surface area (Å²) >= 11 is 1.01. The SMILES string of the molecule is Nc1ccnc(-c2n[nH]c(=O)s2)c1. The molecule has 0 fully saturated rings. The van der Waals surface area contributed by atoms with Crippen molar-refractivity contribution in [3.05, 3.63) is 28.0 Å². The Morgan fingerprint density at radius 3 is 3.00 bits per heavy atom. The maximum Gasteiger partial charge on any atom is 0.322 e. The third-order valence-corrected chi connectivity index (χ3v) is 2.21. The molecule has 0 atom stereocenters. The van der Waals surface area contributed by atoms with Crippen molar-refractivity contribution in [2.45, 2.75) is 0 Å². The van der Waals surface area contributed by atoms with E-state index in [1.807, 2.05) is 0 Å². The Bertz CT molecular complexity index is 475. The minimum absolute atomic E-state index is 0.195. The first-order valence-corrected chi connectivity index (χ1v) is 4.35. The number of aromatic nitrogens is 3. The topological polar surface area (TPSA) is 84.7 Å². The zero-order valence-electron chi connectivity index (χ0n) is 6.52. The van der Waals surface area contributed by atoms with E-state index in [1.165, 1.54) is 0 Å². The first-order chi connectivity index (χ1) is 6.25. The number of nitrogens with two attached hydrogens (primary N) is 1. The molecule has 0 spiro atoms. The van der Waals surface area contributed by atoms with Gasteiger partial charge in [-0.05, 0) is 12.1 Å². The van der Waals surface area contributed by atoms with Crippen LogP contribution >= 0.6 is 11.3 Å². The summed E-state index contributed by atoms with van der Waals surface area (Å²) in [6.45, 7) is 0. The van der Waals surface area contributed by atoms with Gasteiger partial charge in [-0.2, -0.15) is 5.10 Å². The monoisotopic (exact) mass is 194 g/mol. The van der Waals surface area contributed by atoms with E-state index in [2.05, 4.69) is 15.2 Å². The van der Waals surface area contributed by atoms with Crippen molar-refractivity contribution in [3.8, 4) is 10.7 Å². The zero-order valence-corrected chi connectivity index (χ0v) is 7.34. The molecule has 5 nitrogen and oxygen atoms in total. The van der Waals surface area contributed by atoms with Crippen molar-refractivity contribution in [1.82, 2.24) is 15.2 Å². The van der Waals surface area contributed by atoms with Crippen LogP contribution in [-0.2, 0) is 0 Å². The van der Waals surface area contributed by atoms with Crippen LogP contribution in [0.25, 0.3) is 10.7 Å². The second-order valence-electron chi connectivity index (χ2n) is 2.39. The predicted molar refractivity (Wildman–Crippen MR) is 50.4 cm³/mol. The van der Waals surface area contributed by atoms with Gasteiger partial charge in [0.1, 0.15) is 5.69 Å². The smallest absolute Gasteiger partial charge is 0.322 e. The van der Waals surface area contributed by atoms with E-state index in [0.29, 0.717) is 16.4 Å². The fourth-order valence-corrected chi connectivity index (χ4v) is 1.48. The molecule has 2 aromatic heterocycles. The van der Waals surface area contributed by atoms with Gasteiger partial charge in [-0.1, -0.05) is 11.3 Å². The van der Waals surface area contributed by atoms with E-state index in [-0.39, 0.29) is 4.87 Å². The average molecular weight is 194 g/mol. The Balaban J connectivity index is 2.52. The van der Waals surface area contributed by atoms with Gasteiger partial charge in [-0.15, -0.1) is 0 Å². The third-order valence-electron chi connectivity index (χ3n) is 1.44. The highest BCUT2D eigenvalue weighted by molar-refractivity contribution is 7.12. The van der Waals surface area contributed by atoms with E-state index in [9.17, 15) is 4.79 Å². The van der Waals surface area contributed by atoms with Gasteiger partial charge in [0.05, 0.1) is 0 Å². The molecule has 13 heavy (non-hydrogen) atoms. The molecule has 66 valence electrons. The summed E-state index contributed by atoms with van der Waals surface area (Å²) in [6, 6.07) is 3.35. The number of H-pyrrole nitrogens is 1. The molecule has 2 aromatic rings. The van der Waals surface area contributed by atoms with Gasteiger partial charge in [-0.25, -0.2) is 5.10 Å². The molecular weight excluding hydrogens is 188 g/mol. The Labute approximate surface area is 77.3 Å². The number of nitrogen functional groups attached to an aromatic ring is 1. The lowest BCUT2D eigenvalue weighted by Gasteiger charge is -1.94. The standard InChI is InChI=1S/C7H6N4OS/c8-4-1-2-9-5(3-4)6-10-11-7(12)13-6/h1-3H,(H2,8,9)(H,11,12). The van der Waals surface area contributed by atoms with Crippen LogP contribution in [0.5, 0.6) is 0 Å². The van der Waals surface area contributed by atoms with Crippen LogP contribution < -0.4 is 10.6 Å². The summed E-state index contributed by atoms with van der Waals surface area (Å²) in [5, 5.41) is 6.66. The van der Waals surface area contributed by atoms with E-state index in [0.717, 1.165) is 11.3 Å². The molecule has 0 unspecified atom stereocenters. The van der Waals surface area contributed by atoms with Gasteiger partial charge in [0.25, 0.3) is 0 Å². The van der Waals surface area contributed by atoms with E-state index < -0.39 is 0 Å². The predicted octanol–water partition coefficient (Wildman–Crippen LogP) is 0.476.